The predicted molar refractivity (Wildman–Crippen MR) is 104 cm³/mol. The van der Waals surface area contributed by atoms with Crippen LogP contribution in [0.4, 0.5) is 0 Å². The summed E-state index contributed by atoms with van der Waals surface area (Å²) in [5.41, 5.74) is 10.7. The van der Waals surface area contributed by atoms with E-state index < -0.39 is 72.8 Å². The molecule has 0 heterocycles. The van der Waals surface area contributed by atoms with Gasteiger partial charge < -0.3 is 42.7 Å². The van der Waals surface area contributed by atoms with Crippen molar-refractivity contribution in [3.8, 4) is 0 Å². The lowest BCUT2D eigenvalue weighted by molar-refractivity contribution is -0.144. The summed E-state index contributed by atoms with van der Waals surface area (Å²) in [6.07, 6.45) is -1.55. The molecule has 0 spiro atoms. The summed E-state index contributed by atoms with van der Waals surface area (Å²) in [5, 5.41) is 33.3. The monoisotopic (exact) mass is 447 g/mol. The van der Waals surface area contributed by atoms with Gasteiger partial charge in [-0.25, -0.2) is 4.79 Å². The van der Waals surface area contributed by atoms with Gasteiger partial charge in [-0.3, -0.25) is 24.0 Å². The minimum Gasteiger partial charge on any atom is -0.481 e. The molecule has 4 amide bonds. The van der Waals surface area contributed by atoms with Crippen LogP contribution in [0.1, 0.15) is 33.1 Å². The highest BCUT2D eigenvalue weighted by atomic mass is 16.4. The summed E-state index contributed by atoms with van der Waals surface area (Å²) in [4.78, 5) is 70.2. The number of rotatable bonds is 14. The van der Waals surface area contributed by atoms with Crippen LogP contribution in [0.2, 0.25) is 0 Å². The van der Waals surface area contributed by atoms with E-state index in [1.54, 1.807) is 13.8 Å². The van der Waals surface area contributed by atoms with Crippen molar-refractivity contribution in [3.63, 3.8) is 0 Å². The van der Waals surface area contributed by atoms with Crippen LogP contribution in [-0.4, -0.2) is 81.7 Å². The van der Waals surface area contributed by atoms with Crippen molar-refractivity contribution in [2.24, 2.45) is 17.4 Å². The SMILES string of the molecule is CC(C)C(N)C(=O)NC(CC(=O)O)C(=O)NC(CCC(N)=O)C(=O)NC(CO)C(=O)O. The van der Waals surface area contributed by atoms with E-state index in [1.165, 1.54) is 0 Å². The maximum atomic E-state index is 12.6. The molecule has 14 nitrogen and oxygen atoms in total. The molecule has 0 aromatic rings. The van der Waals surface area contributed by atoms with E-state index in [1.807, 2.05) is 5.32 Å². The molecule has 0 aliphatic heterocycles. The molecule has 0 aliphatic carbocycles. The van der Waals surface area contributed by atoms with Crippen molar-refractivity contribution >= 4 is 35.6 Å². The van der Waals surface area contributed by atoms with Crippen LogP contribution in [-0.2, 0) is 28.8 Å². The molecule has 0 rings (SSSR count). The molecule has 0 saturated heterocycles. The van der Waals surface area contributed by atoms with E-state index in [4.69, 9.17) is 26.8 Å². The number of aliphatic carboxylic acids is 2. The number of carbonyl (C=O) groups excluding carboxylic acids is 4. The first kappa shape index (κ1) is 27.7. The molecule has 0 aromatic heterocycles. The smallest absolute Gasteiger partial charge is 0.328 e. The second-order valence-corrected chi connectivity index (χ2v) is 7.08. The number of carboxylic acid groups (broad SMARTS) is 2. The Labute approximate surface area is 177 Å². The highest BCUT2D eigenvalue weighted by Gasteiger charge is 2.31. The average molecular weight is 447 g/mol. The van der Waals surface area contributed by atoms with Gasteiger partial charge in [0.1, 0.15) is 18.1 Å². The topological polar surface area (TPSA) is 251 Å². The van der Waals surface area contributed by atoms with Crippen LogP contribution >= 0.6 is 0 Å². The number of hydrogen-bond donors (Lipinski definition) is 8. The molecule has 176 valence electrons. The maximum Gasteiger partial charge on any atom is 0.328 e. The third-order valence-electron chi connectivity index (χ3n) is 4.14. The summed E-state index contributed by atoms with van der Waals surface area (Å²) >= 11 is 0. The second kappa shape index (κ2) is 13.1. The first-order valence-corrected chi connectivity index (χ1v) is 9.30. The quantitative estimate of drug-likeness (QED) is 0.129. The number of amides is 4. The summed E-state index contributed by atoms with van der Waals surface area (Å²) in [5.74, 6) is -7.03. The van der Waals surface area contributed by atoms with Crippen LogP contribution in [0.3, 0.4) is 0 Å². The third kappa shape index (κ3) is 10.4. The maximum absolute atomic E-state index is 12.6. The lowest BCUT2D eigenvalue weighted by Crippen LogP contribution is -2.58. The van der Waals surface area contributed by atoms with Gasteiger partial charge in [0, 0.05) is 6.42 Å². The highest BCUT2D eigenvalue weighted by molar-refractivity contribution is 5.95. The van der Waals surface area contributed by atoms with Crippen molar-refractivity contribution in [3.05, 3.63) is 0 Å². The zero-order valence-corrected chi connectivity index (χ0v) is 17.2. The van der Waals surface area contributed by atoms with Crippen LogP contribution in [0.15, 0.2) is 0 Å². The first-order chi connectivity index (χ1) is 14.3. The van der Waals surface area contributed by atoms with Crippen LogP contribution in [0.25, 0.3) is 0 Å². The highest BCUT2D eigenvalue weighted by Crippen LogP contribution is 2.04. The molecule has 10 N–H and O–H groups in total. The molecule has 4 atom stereocenters. The summed E-state index contributed by atoms with van der Waals surface area (Å²) in [6.45, 7) is 2.34. The van der Waals surface area contributed by atoms with Crippen molar-refractivity contribution < 1.29 is 44.1 Å². The minimum atomic E-state index is -1.68. The third-order valence-corrected chi connectivity index (χ3v) is 4.14. The van der Waals surface area contributed by atoms with Crippen molar-refractivity contribution in [1.82, 2.24) is 16.0 Å². The van der Waals surface area contributed by atoms with Gasteiger partial charge in [0.2, 0.25) is 23.6 Å². The molecular formula is C17H29N5O9. The predicted octanol–water partition coefficient (Wildman–Crippen LogP) is -3.76. The number of nitrogens with one attached hydrogen (secondary N) is 3. The fourth-order valence-corrected chi connectivity index (χ4v) is 2.24. The number of primary amides is 1. The summed E-state index contributed by atoms with van der Waals surface area (Å²) in [6, 6.07) is -5.81. The zero-order chi connectivity index (χ0) is 24.3. The summed E-state index contributed by atoms with van der Waals surface area (Å²) < 4.78 is 0. The van der Waals surface area contributed by atoms with Gasteiger partial charge in [-0.2, -0.15) is 0 Å². The van der Waals surface area contributed by atoms with Gasteiger partial charge in [0.05, 0.1) is 19.1 Å². The van der Waals surface area contributed by atoms with Gasteiger partial charge in [-0.15, -0.1) is 0 Å². The Balaban J connectivity index is 5.51. The standard InChI is InChI=1S/C17H29N5O9/c1-7(2)13(19)16(29)21-9(5-12(25)26)15(28)20-8(3-4-11(18)24)14(27)22-10(6-23)17(30)31/h7-10,13,23H,3-6,19H2,1-2H3,(H2,18,24)(H,20,28)(H,21,29)(H,22,27)(H,25,26)(H,30,31). The van der Waals surface area contributed by atoms with Gasteiger partial charge in [0.15, 0.2) is 0 Å². The Morgan fingerprint density at radius 2 is 1.32 bits per heavy atom. The second-order valence-electron chi connectivity index (χ2n) is 7.08. The normalized spacial score (nSPS) is 14.6. The number of carbonyl (C=O) groups is 6. The van der Waals surface area contributed by atoms with E-state index in [-0.39, 0.29) is 18.8 Å². The summed E-state index contributed by atoms with van der Waals surface area (Å²) in [7, 11) is 0. The van der Waals surface area contributed by atoms with Gasteiger partial charge >= 0.3 is 11.9 Å². The molecule has 0 bridgehead atoms. The van der Waals surface area contributed by atoms with E-state index in [2.05, 4.69) is 10.6 Å². The number of carboxylic acids is 2. The van der Waals surface area contributed by atoms with Crippen LogP contribution < -0.4 is 27.4 Å². The molecule has 31 heavy (non-hydrogen) atoms. The van der Waals surface area contributed by atoms with Crippen LogP contribution in [0, 0.1) is 5.92 Å². The van der Waals surface area contributed by atoms with Crippen molar-refractivity contribution in [1.29, 1.82) is 0 Å². The molecular weight excluding hydrogens is 418 g/mol. The Hall–Kier alpha value is -3.26. The number of aliphatic hydroxyl groups is 1. The number of aliphatic hydroxyl groups excluding tert-OH is 1. The number of hydrogen-bond acceptors (Lipinski definition) is 8. The van der Waals surface area contributed by atoms with E-state index in [9.17, 15) is 28.8 Å². The first-order valence-electron chi connectivity index (χ1n) is 9.30. The molecule has 0 radical (unpaired) electrons. The lowest BCUT2D eigenvalue weighted by Gasteiger charge is -2.24. The van der Waals surface area contributed by atoms with E-state index in [0.717, 1.165) is 0 Å². The zero-order valence-electron chi connectivity index (χ0n) is 17.2. The number of nitrogens with two attached hydrogens (primary N) is 2. The molecule has 0 aliphatic rings. The largest absolute Gasteiger partial charge is 0.481 e. The van der Waals surface area contributed by atoms with Crippen molar-refractivity contribution in [2.75, 3.05) is 6.61 Å². The molecule has 0 fully saturated rings. The van der Waals surface area contributed by atoms with Gasteiger partial charge in [0.25, 0.3) is 0 Å². The van der Waals surface area contributed by atoms with E-state index in [0.29, 0.717) is 0 Å². The minimum absolute atomic E-state index is 0.311. The molecule has 0 saturated carbocycles. The van der Waals surface area contributed by atoms with Crippen LogP contribution in [0.5, 0.6) is 0 Å². The fourth-order valence-electron chi connectivity index (χ4n) is 2.24. The van der Waals surface area contributed by atoms with Gasteiger partial charge in [-0.1, -0.05) is 13.8 Å². The molecule has 14 heteroatoms. The molecule has 0 aromatic carbocycles. The van der Waals surface area contributed by atoms with E-state index >= 15 is 0 Å². The Morgan fingerprint density at radius 1 is 0.839 bits per heavy atom. The Morgan fingerprint density at radius 3 is 1.74 bits per heavy atom. The Bertz CT molecular complexity index is 697. The van der Waals surface area contributed by atoms with Crippen molar-refractivity contribution in [2.45, 2.75) is 57.3 Å². The average Bonchev–Trinajstić information content (AvgIpc) is 2.66. The molecule has 4 unspecified atom stereocenters. The fraction of sp³-hybridized carbons (Fsp3) is 0.647. The van der Waals surface area contributed by atoms with Gasteiger partial charge in [-0.05, 0) is 12.3 Å². The lowest BCUT2D eigenvalue weighted by atomic mass is 10.0. The Kier molecular flexibility index (Phi) is 11.7.